The van der Waals surface area contributed by atoms with Gasteiger partial charge in [-0.05, 0) is 69.2 Å². The number of carbonyl (C=O) groups is 2. The first-order valence-corrected chi connectivity index (χ1v) is 10.6. The molecule has 1 saturated heterocycles. The number of likely N-dealkylation sites (tertiary alicyclic amines) is 1. The number of alkyl halides is 1. The standard InChI is InChI=1S/C24H28FN3O4/c1-24(2,31)21(23(30)27-32)26-22(29)18-9-7-16(8-10-18)5-3-4-6-17-13-20(14-17)28-12-11-19(25)15-28/h7-10,17,19-21,31-32H,11-15H2,1-2H3,(H,26,29)(H,27,30). The molecule has 1 aliphatic heterocycles. The van der Waals surface area contributed by atoms with Crippen molar-refractivity contribution in [3.8, 4) is 23.7 Å². The molecule has 0 spiro atoms. The Morgan fingerprint density at radius 1 is 1.22 bits per heavy atom. The van der Waals surface area contributed by atoms with Crippen LogP contribution < -0.4 is 10.8 Å². The molecule has 32 heavy (non-hydrogen) atoms. The normalized spacial score (nSPS) is 23.6. The maximum Gasteiger partial charge on any atom is 0.268 e. The van der Waals surface area contributed by atoms with E-state index < -0.39 is 29.6 Å². The van der Waals surface area contributed by atoms with Gasteiger partial charge in [0.1, 0.15) is 12.2 Å². The Kier molecular flexibility index (Phi) is 7.52. The summed E-state index contributed by atoms with van der Waals surface area (Å²) in [6, 6.07) is 5.54. The van der Waals surface area contributed by atoms with Crippen LogP contribution in [0.5, 0.6) is 0 Å². The predicted octanol–water partition coefficient (Wildman–Crippen LogP) is 1.24. The highest BCUT2D eigenvalue weighted by molar-refractivity contribution is 5.97. The molecular formula is C24H28FN3O4. The van der Waals surface area contributed by atoms with E-state index in [1.807, 2.05) is 0 Å². The summed E-state index contributed by atoms with van der Waals surface area (Å²) in [5.74, 6) is 10.6. The summed E-state index contributed by atoms with van der Waals surface area (Å²) in [4.78, 5) is 26.3. The number of hydrogen-bond acceptors (Lipinski definition) is 5. The molecule has 170 valence electrons. The fourth-order valence-electron chi connectivity index (χ4n) is 3.87. The lowest BCUT2D eigenvalue weighted by molar-refractivity contribution is -0.136. The van der Waals surface area contributed by atoms with Crippen LogP contribution in [0, 0.1) is 29.6 Å². The molecule has 7 nitrogen and oxygen atoms in total. The van der Waals surface area contributed by atoms with Gasteiger partial charge in [0.05, 0.1) is 5.60 Å². The lowest BCUT2D eigenvalue weighted by Crippen LogP contribution is -2.57. The van der Waals surface area contributed by atoms with Crippen LogP contribution in [0.2, 0.25) is 0 Å². The van der Waals surface area contributed by atoms with E-state index in [1.165, 1.54) is 19.3 Å². The van der Waals surface area contributed by atoms with Crippen molar-refractivity contribution < 1.29 is 24.3 Å². The highest BCUT2D eigenvalue weighted by atomic mass is 19.1. The van der Waals surface area contributed by atoms with Crippen molar-refractivity contribution >= 4 is 11.8 Å². The number of aliphatic hydroxyl groups is 1. The summed E-state index contributed by atoms with van der Waals surface area (Å²) in [5, 5.41) is 21.3. The van der Waals surface area contributed by atoms with Crippen LogP contribution in [0.4, 0.5) is 4.39 Å². The van der Waals surface area contributed by atoms with Gasteiger partial charge in [-0.2, -0.15) is 0 Å². The zero-order valence-electron chi connectivity index (χ0n) is 18.2. The van der Waals surface area contributed by atoms with Gasteiger partial charge in [0.25, 0.3) is 11.8 Å². The molecule has 4 N–H and O–H groups in total. The van der Waals surface area contributed by atoms with Crippen molar-refractivity contribution in [3.63, 3.8) is 0 Å². The van der Waals surface area contributed by atoms with Gasteiger partial charge in [0.15, 0.2) is 0 Å². The van der Waals surface area contributed by atoms with Gasteiger partial charge < -0.3 is 10.4 Å². The smallest absolute Gasteiger partial charge is 0.268 e. The van der Waals surface area contributed by atoms with Crippen molar-refractivity contribution in [2.45, 2.75) is 57.0 Å². The number of carbonyl (C=O) groups excluding carboxylic acids is 2. The van der Waals surface area contributed by atoms with Crippen LogP contribution in [0.1, 0.15) is 49.0 Å². The third-order valence-electron chi connectivity index (χ3n) is 5.84. The zero-order valence-corrected chi connectivity index (χ0v) is 18.2. The number of nitrogens with zero attached hydrogens (tertiary/aromatic N) is 1. The lowest BCUT2D eigenvalue weighted by Gasteiger charge is -2.38. The molecule has 1 aliphatic carbocycles. The minimum Gasteiger partial charge on any atom is -0.388 e. The summed E-state index contributed by atoms with van der Waals surface area (Å²) in [6.07, 6.45) is 1.87. The molecule has 0 bridgehead atoms. The van der Waals surface area contributed by atoms with E-state index in [2.05, 4.69) is 33.9 Å². The average Bonchev–Trinajstić information content (AvgIpc) is 3.15. The molecule has 0 aromatic heterocycles. The van der Waals surface area contributed by atoms with Gasteiger partial charge >= 0.3 is 0 Å². The monoisotopic (exact) mass is 441 g/mol. The summed E-state index contributed by atoms with van der Waals surface area (Å²) in [7, 11) is 0. The molecule has 1 saturated carbocycles. The van der Waals surface area contributed by atoms with Gasteiger partial charge in [0.2, 0.25) is 0 Å². The van der Waals surface area contributed by atoms with Gasteiger partial charge in [-0.1, -0.05) is 11.8 Å². The number of hydroxylamine groups is 1. The average molecular weight is 442 g/mol. The first kappa shape index (κ1) is 23.7. The van der Waals surface area contributed by atoms with E-state index in [4.69, 9.17) is 5.21 Å². The van der Waals surface area contributed by atoms with E-state index in [0.717, 1.165) is 19.4 Å². The molecule has 2 amide bonds. The second-order valence-electron chi connectivity index (χ2n) is 8.84. The molecule has 2 aliphatic rings. The molecule has 2 atom stereocenters. The van der Waals surface area contributed by atoms with Crippen molar-refractivity contribution in [3.05, 3.63) is 35.4 Å². The topological polar surface area (TPSA) is 102 Å². The number of benzene rings is 1. The molecule has 8 heteroatoms. The van der Waals surface area contributed by atoms with Crippen molar-refractivity contribution in [1.29, 1.82) is 0 Å². The minimum atomic E-state index is -1.57. The summed E-state index contributed by atoms with van der Waals surface area (Å²) >= 11 is 0. The van der Waals surface area contributed by atoms with E-state index in [-0.39, 0.29) is 5.56 Å². The first-order valence-electron chi connectivity index (χ1n) is 10.6. The van der Waals surface area contributed by atoms with Crippen LogP contribution in [0.15, 0.2) is 24.3 Å². The number of hydrogen-bond donors (Lipinski definition) is 4. The van der Waals surface area contributed by atoms with Crippen LogP contribution >= 0.6 is 0 Å². The highest BCUT2D eigenvalue weighted by Gasteiger charge is 2.36. The third-order valence-corrected chi connectivity index (χ3v) is 5.84. The van der Waals surface area contributed by atoms with E-state index >= 15 is 0 Å². The van der Waals surface area contributed by atoms with Crippen LogP contribution in [0.25, 0.3) is 0 Å². The third kappa shape index (κ3) is 6.08. The zero-order chi connectivity index (χ0) is 23.3. The molecule has 2 unspecified atom stereocenters. The van der Waals surface area contributed by atoms with Gasteiger partial charge in [0, 0.05) is 36.2 Å². The lowest BCUT2D eigenvalue weighted by atomic mass is 9.80. The van der Waals surface area contributed by atoms with Crippen molar-refractivity contribution in [2.75, 3.05) is 13.1 Å². The Labute approximate surface area is 187 Å². The maximum atomic E-state index is 13.3. The molecule has 1 heterocycles. The predicted molar refractivity (Wildman–Crippen MR) is 116 cm³/mol. The highest BCUT2D eigenvalue weighted by Crippen LogP contribution is 2.33. The van der Waals surface area contributed by atoms with E-state index in [1.54, 1.807) is 24.3 Å². The molecule has 1 aromatic rings. The first-order chi connectivity index (χ1) is 15.2. The number of nitrogens with one attached hydrogen (secondary N) is 2. The second kappa shape index (κ2) is 10.1. The Hall–Kier alpha value is -2.91. The Morgan fingerprint density at radius 3 is 2.47 bits per heavy atom. The summed E-state index contributed by atoms with van der Waals surface area (Å²) in [5.41, 5.74) is 0.825. The number of amides is 2. The largest absolute Gasteiger partial charge is 0.388 e. The molecule has 0 radical (unpaired) electrons. The van der Waals surface area contributed by atoms with Gasteiger partial charge in [-0.15, -0.1) is 0 Å². The van der Waals surface area contributed by atoms with Gasteiger partial charge in [-0.3, -0.25) is 19.7 Å². The summed E-state index contributed by atoms with van der Waals surface area (Å²) < 4.78 is 13.3. The Morgan fingerprint density at radius 2 is 1.91 bits per heavy atom. The van der Waals surface area contributed by atoms with Crippen LogP contribution in [-0.4, -0.2) is 64.0 Å². The fourth-order valence-corrected chi connectivity index (χ4v) is 3.87. The van der Waals surface area contributed by atoms with Crippen molar-refractivity contribution in [1.82, 2.24) is 15.7 Å². The Balaban J connectivity index is 1.51. The number of halogens is 1. The second-order valence-corrected chi connectivity index (χ2v) is 8.84. The SMILES string of the molecule is CC(C)(O)C(NC(=O)c1ccc(C#CC#CC2CC(N3CCC(F)C3)C2)cc1)C(=O)NO. The van der Waals surface area contributed by atoms with E-state index in [9.17, 15) is 19.1 Å². The van der Waals surface area contributed by atoms with E-state index in [0.29, 0.717) is 30.5 Å². The van der Waals surface area contributed by atoms with Crippen molar-refractivity contribution in [2.24, 2.45) is 5.92 Å². The van der Waals surface area contributed by atoms with Crippen LogP contribution in [-0.2, 0) is 4.79 Å². The summed E-state index contributed by atoms with van der Waals surface area (Å²) in [6.45, 7) is 4.09. The number of rotatable bonds is 5. The maximum absolute atomic E-state index is 13.3. The molecule has 2 fully saturated rings. The molecule has 3 rings (SSSR count). The fraction of sp³-hybridized carbons (Fsp3) is 0.500. The Bertz CT molecular complexity index is 959. The minimum absolute atomic E-state index is 0.277. The molecule has 1 aromatic carbocycles. The van der Waals surface area contributed by atoms with Gasteiger partial charge in [-0.25, -0.2) is 9.87 Å². The van der Waals surface area contributed by atoms with Crippen LogP contribution in [0.3, 0.4) is 0 Å². The quantitative estimate of drug-likeness (QED) is 0.313. The molecular weight excluding hydrogens is 413 g/mol.